The van der Waals surface area contributed by atoms with Gasteiger partial charge in [0.1, 0.15) is 6.10 Å². The number of cyclic esters (lactones) is 1. The topological polar surface area (TPSA) is 72.8 Å². The van der Waals surface area contributed by atoms with E-state index in [1.54, 1.807) is 0 Å². The quantitative estimate of drug-likeness (QED) is 0.429. The van der Waals surface area contributed by atoms with Gasteiger partial charge in [-0.05, 0) is 12.8 Å². The average molecular weight is 340 g/mol. The highest BCUT2D eigenvalue weighted by Gasteiger charge is 2.38. The van der Waals surface area contributed by atoms with Crippen molar-refractivity contribution in [3.8, 4) is 0 Å². The van der Waals surface area contributed by atoms with Gasteiger partial charge in [0.05, 0.1) is 5.57 Å². The SMILES string of the molecule is CCCCCCCCCCCC(OC(C)=O)C1=CC(C)(O)OC1=O. The first-order chi connectivity index (χ1) is 11.4. The molecule has 5 heteroatoms. The van der Waals surface area contributed by atoms with E-state index in [0.29, 0.717) is 6.42 Å². The van der Waals surface area contributed by atoms with Crippen molar-refractivity contribution in [2.75, 3.05) is 0 Å². The number of rotatable bonds is 12. The molecule has 0 aliphatic carbocycles. The molecule has 1 rings (SSSR count). The van der Waals surface area contributed by atoms with Crippen LogP contribution in [-0.4, -0.2) is 28.9 Å². The highest BCUT2D eigenvalue weighted by molar-refractivity contribution is 5.92. The summed E-state index contributed by atoms with van der Waals surface area (Å²) in [5.74, 6) is -2.65. The molecular weight excluding hydrogens is 308 g/mol. The molecule has 1 N–H and O–H groups in total. The molecule has 0 saturated carbocycles. The lowest BCUT2D eigenvalue weighted by Crippen LogP contribution is -2.24. The molecule has 0 aromatic rings. The van der Waals surface area contributed by atoms with Crippen molar-refractivity contribution in [3.63, 3.8) is 0 Å². The summed E-state index contributed by atoms with van der Waals surface area (Å²) in [5, 5.41) is 9.79. The van der Waals surface area contributed by atoms with E-state index in [0.717, 1.165) is 19.3 Å². The zero-order valence-electron chi connectivity index (χ0n) is 15.3. The predicted octanol–water partition coefficient (Wildman–Crippen LogP) is 4.03. The zero-order valence-corrected chi connectivity index (χ0v) is 15.3. The van der Waals surface area contributed by atoms with E-state index < -0.39 is 23.8 Å². The van der Waals surface area contributed by atoms with Crippen molar-refractivity contribution in [2.45, 2.75) is 96.9 Å². The van der Waals surface area contributed by atoms with Crippen LogP contribution in [0.1, 0.15) is 85.0 Å². The van der Waals surface area contributed by atoms with Gasteiger partial charge in [0, 0.05) is 19.9 Å². The van der Waals surface area contributed by atoms with E-state index in [1.165, 1.54) is 58.4 Å². The summed E-state index contributed by atoms with van der Waals surface area (Å²) in [4.78, 5) is 23.1. The average Bonchev–Trinajstić information content (AvgIpc) is 2.77. The summed E-state index contributed by atoms with van der Waals surface area (Å²) in [6, 6.07) is 0. The van der Waals surface area contributed by atoms with Gasteiger partial charge < -0.3 is 14.6 Å². The molecule has 0 aromatic carbocycles. The van der Waals surface area contributed by atoms with Crippen molar-refractivity contribution >= 4 is 11.9 Å². The second kappa shape index (κ2) is 10.5. The molecule has 0 fully saturated rings. The minimum atomic E-state index is -1.61. The first kappa shape index (κ1) is 20.7. The van der Waals surface area contributed by atoms with Gasteiger partial charge in [0.25, 0.3) is 0 Å². The number of hydrogen-bond acceptors (Lipinski definition) is 5. The predicted molar refractivity (Wildman–Crippen MR) is 92.2 cm³/mol. The molecule has 0 saturated heterocycles. The second-order valence-electron chi connectivity index (χ2n) is 6.76. The number of esters is 2. The van der Waals surface area contributed by atoms with Crippen LogP contribution in [-0.2, 0) is 19.1 Å². The van der Waals surface area contributed by atoms with Crippen LogP contribution in [0.4, 0.5) is 0 Å². The number of hydrogen-bond donors (Lipinski definition) is 1. The summed E-state index contributed by atoms with van der Waals surface area (Å²) >= 11 is 0. The fourth-order valence-corrected chi connectivity index (χ4v) is 2.97. The van der Waals surface area contributed by atoms with Gasteiger partial charge in [-0.2, -0.15) is 0 Å². The van der Waals surface area contributed by atoms with E-state index >= 15 is 0 Å². The largest absolute Gasteiger partial charge is 0.457 e. The molecule has 1 aliphatic heterocycles. The third-order valence-corrected chi connectivity index (χ3v) is 4.18. The van der Waals surface area contributed by atoms with Crippen LogP contribution in [0.15, 0.2) is 11.6 Å². The first-order valence-electron chi connectivity index (χ1n) is 9.21. The molecule has 1 heterocycles. The van der Waals surface area contributed by atoms with Crippen LogP contribution in [0.25, 0.3) is 0 Å². The highest BCUT2D eigenvalue weighted by Crippen LogP contribution is 2.28. The van der Waals surface area contributed by atoms with Gasteiger partial charge in [-0.1, -0.05) is 58.3 Å². The Kier molecular flexibility index (Phi) is 9.04. The smallest absolute Gasteiger partial charge is 0.340 e. The molecule has 0 radical (unpaired) electrons. The molecule has 5 nitrogen and oxygen atoms in total. The molecule has 0 bridgehead atoms. The lowest BCUT2D eigenvalue weighted by Gasteiger charge is -2.16. The van der Waals surface area contributed by atoms with Crippen LogP contribution < -0.4 is 0 Å². The van der Waals surface area contributed by atoms with E-state index in [9.17, 15) is 14.7 Å². The third-order valence-electron chi connectivity index (χ3n) is 4.18. The number of carbonyl (C=O) groups is 2. The highest BCUT2D eigenvalue weighted by atomic mass is 16.7. The van der Waals surface area contributed by atoms with Gasteiger partial charge in [-0.3, -0.25) is 4.79 Å². The molecule has 2 unspecified atom stereocenters. The van der Waals surface area contributed by atoms with Crippen molar-refractivity contribution in [3.05, 3.63) is 11.6 Å². The summed E-state index contributed by atoms with van der Waals surface area (Å²) in [7, 11) is 0. The van der Waals surface area contributed by atoms with Gasteiger partial charge in [-0.25, -0.2) is 4.79 Å². The van der Waals surface area contributed by atoms with Gasteiger partial charge in [0.2, 0.25) is 5.79 Å². The Morgan fingerprint density at radius 2 is 1.71 bits per heavy atom. The molecule has 2 atom stereocenters. The molecule has 24 heavy (non-hydrogen) atoms. The Balaban J connectivity index is 2.32. The maximum atomic E-state index is 11.8. The van der Waals surface area contributed by atoms with Crippen LogP contribution in [0, 0.1) is 0 Å². The fraction of sp³-hybridized carbons (Fsp3) is 0.789. The van der Waals surface area contributed by atoms with Crippen molar-refractivity contribution in [1.82, 2.24) is 0 Å². The summed E-state index contributed by atoms with van der Waals surface area (Å²) in [5.41, 5.74) is 0.245. The fourth-order valence-electron chi connectivity index (χ4n) is 2.97. The van der Waals surface area contributed by atoms with Gasteiger partial charge in [0.15, 0.2) is 0 Å². The standard InChI is InChI=1S/C19H32O5/c1-4-5-6-7-8-9-10-11-12-13-17(23-15(2)20)16-14-19(3,22)24-18(16)21/h14,17,22H,4-13H2,1-3H3. The number of carbonyl (C=O) groups excluding carboxylic acids is 2. The molecule has 0 spiro atoms. The van der Waals surface area contributed by atoms with E-state index in [2.05, 4.69) is 6.92 Å². The molecule has 0 aromatic heterocycles. The Bertz CT molecular complexity index is 439. The van der Waals surface area contributed by atoms with E-state index in [1.807, 2.05) is 0 Å². The second-order valence-corrected chi connectivity index (χ2v) is 6.76. The van der Waals surface area contributed by atoms with Gasteiger partial charge >= 0.3 is 11.9 Å². The Hall–Kier alpha value is -1.36. The Morgan fingerprint density at radius 3 is 2.17 bits per heavy atom. The van der Waals surface area contributed by atoms with Crippen LogP contribution in [0.3, 0.4) is 0 Å². The Labute approximate surface area is 145 Å². The Morgan fingerprint density at radius 1 is 1.17 bits per heavy atom. The summed E-state index contributed by atoms with van der Waals surface area (Å²) in [6.45, 7) is 4.93. The zero-order chi connectivity index (χ0) is 18.0. The van der Waals surface area contributed by atoms with Crippen LogP contribution in [0.5, 0.6) is 0 Å². The van der Waals surface area contributed by atoms with Crippen molar-refractivity contribution in [2.24, 2.45) is 0 Å². The minimum absolute atomic E-state index is 0.245. The molecular formula is C19H32O5. The van der Waals surface area contributed by atoms with Gasteiger partial charge in [-0.15, -0.1) is 0 Å². The van der Waals surface area contributed by atoms with Crippen molar-refractivity contribution in [1.29, 1.82) is 0 Å². The number of aliphatic hydroxyl groups is 1. The first-order valence-corrected chi connectivity index (χ1v) is 9.21. The lowest BCUT2D eigenvalue weighted by atomic mass is 10.0. The number of unbranched alkanes of at least 4 members (excludes halogenated alkanes) is 8. The van der Waals surface area contributed by atoms with E-state index in [4.69, 9.17) is 9.47 Å². The minimum Gasteiger partial charge on any atom is -0.457 e. The maximum absolute atomic E-state index is 11.8. The third kappa shape index (κ3) is 7.95. The monoisotopic (exact) mass is 340 g/mol. The normalized spacial score (nSPS) is 21.3. The van der Waals surface area contributed by atoms with Crippen LogP contribution >= 0.6 is 0 Å². The lowest BCUT2D eigenvalue weighted by molar-refractivity contribution is -0.173. The summed E-state index contributed by atoms with van der Waals surface area (Å²) in [6.07, 6.45) is 12.1. The summed E-state index contributed by atoms with van der Waals surface area (Å²) < 4.78 is 10.1. The van der Waals surface area contributed by atoms with Crippen LogP contribution in [0.2, 0.25) is 0 Å². The van der Waals surface area contributed by atoms with Crippen molar-refractivity contribution < 1.29 is 24.2 Å². The molecule has 1 aliphatic rings. The molecule has 0 amide bonds. The van der Waals surface area contributed by atoms with E-state index in [-0.39, 0.29) is 5.57 Å². The number of ether oxygens (including phenoxy) is 2. The maximum Gasteiger partial charge on any atom is 0.340 e. The molecule has 138 valence electrons.